The van der Waals surface area contributed by atoms with Gasteiger partial charge in [-0.2, -0.15) is 0 Å². The molecule has 1 aromatic carbocycles. The van der Waals surface area contributed by atoms with Crippen molar-refractivity contribution in [2.24, 2.45) is 0 Å². The van der Waals surface area contributed by atoms with Gasteiger partial charge in [-0.05, 0) is 24.3 Å². The van der Waals surface area contributed by atoms with Crippen LogP contribution in [0.3, 0.4) is 0 Å². The third-order valence-corrected chi connectivity index (χ3v) is 2.70. The molecule has 0 aliphatic carbocycles. The number of hydrogen-bond donors (Lipinski definition) is 1. The highest BCUT2D eigenvalue weighted by Gasteiger charge is 2.22. The molecule has 0 atom stereocenters. The number of benzene rings is 1. The molecule has 0 aliphatic heterocycles. The molecule has 7 heteroatoms. The highest BCUT2D eigenvalue weighted by atomic mass is 16.6. The zero-order valence-corrected chi connectivity index (χ0v) is 10.1. The Morgan fingerprint density at radius 3 is 2.84 bits per heavy atom. The predicted octanol–water partition coefficient (Wildman–Crippen LogP) is 1.66. The minimum absolute atomic E-state index is 0.130. The number of rotatable bonds is 4. The Balaban J connectivity index is 2.64. The van der Waals surface area contributed by atoms with E-state index in [1.165, 1.54) is 18.0 Å². The molecule has 0 fully saturated rings. The second-order valence-electron chi connectivity index (χ2n) is 4.01. The van der Waals surface area contributed by atoms with Gasteiger partial charge in [-0.3, -0.25) is 19.9 Å². The molecular formula is C12H11N3O4. The number of hydrogen-bond acceptors (Lipinski definition) is 5. The fourth-order valence-electron chi connectivity index (χ4n) is 1.91. The van der Waals surface area contributed by atoms with Gasteiger partial charge in [-0.15, -0.1) is 0 Å². The van der Waals surface area contributed by atoms with E-state index in [2.05, 4.69) is 4.98 Å². The number of carbonyl (C=O) groups is 1. The topological polar surface area (TPSA) is 96.6 Å². The summed E-state index contributed by atoms with van der Waals surface area (Å²) in [6.45, 7) is -0.313. The number of nitro benzene ring substituents is 1. The van der Waals surface area contributed by atoms with E-state index in [1.807, 2.05) is 0 Å². The third kappa shape index (κ3) is 2.44. The Labute approximate surface area is 108 Å². The second kappa shape index (κ2) is 4.89. The Kier molecular flexibility index (Phi) is 3.28. The van der Waals surface area contributed by atoms with E-state index in [4.69, 9.17) is 5.11 Å². The van der Waals surface area contributed by atoms with E-state index >= 15 is 0 Å². The number of fused-ring (bicyclic) bond motifs is 1. The Hall–Kier alpha value is -2.70. The van der Waals surface area contributed by atoms with Crippen LogP contribution in [0.2, 0.25) is 0 Å². The summed E-state index contributed by atoms with van der Waals surface area (Å²) in [7, 11) is 1.50. The molecule has 0 amide bonds. The van der Waals surface area contributed by atoms with E-state index in [0.717, 1.165) is 0 Å². The third-order valence-electron chi connectivity index (χ3n) is 2.70. The average molecular weight is 261 g/mol. The molecule has 0 aliphatic rings. The van der Waals surface area contributed by atoms with Gasteiger partial charge in [0.05, 0.1) is 15.8 Å². The molecule has 0 saturated heterocycles. The van der Waals surface area contributed by atoms with Gasteiger partial charge in [0.25, 0.3) is 0 Å². The number of carboxylic acid groups (broad SMARTS) is 1. The summed E-state index contributed by atoms with van der Waals surface area (Å²) in [5.74, 6) is -1.05. The van der Waals surface area contributed by atoms with Crippen molar-refractivity contribution < 1.29 is 14.8 Å². The Morgan fingerprint density at radius 2 is 2.21 bits per heavy atom. The van der Waals surface area contributed by atoms with E-state index in [-0.39, 0.29) is 17.9 Å². The maximum absolute atomic E-state index is 11.2. The van der Waals surface area contributed by atoms with E-state index in [0.29, 0.717) is 10.9 Å². The number of pyridine rings is 1. The van der Waals surface area contributed by atoms with Crippen molar-refractivity contribution in [2.45, 2.75) is 0 Å². The minimum Gasteiger partial charge on any atom is -0.480 e. The first kappa shape index (κ1) is 12.7. The number of aromatic nitrogens is 1. The molecule has 0 saturated carbocycles. The van der Waals surface area contributed by atoms with Gasteiger partial charge >= 0.3 is 11.7 Å². The number of aliphatic carboxylic acids is 1. The van der Waals surface area contributed by atoms with Crippen molar-refractivity contribution in [1.82, 2.24) is 4.98 Å². The number of carboxylic acids is 1. The SMILES string of the molecule is CN(CC(=O)O)c1ccc2ncccc2c1[N+](=O)[O-]. The lowest BCUT2D eigenvalue weighted by Crippen LogP contribution is -2.25. The Bertz CT molecular complexity index is 656. The second-order valence-corrected chi connectivity index (χ2v) is 4.01. The van der Waals surface area contributed by atoms with Crippen LogP contribution in [0, 0.1) is 10.1 Å². The van der Waals surface area contributed by atoms with Gasteiger partial charge in [0, 0.05) is 13.2 Å². The van der Waals surface area contributed by atoms with Gasteiger partial charge in [0.1, 0.15) is 12.2 Å². The number of nitro groups is 1. The van der Waals surface area contributed by atoms with E-state index in [9.17, 15) is 14.9 Å². The molecule has 7 nitrogen and oxygen atoms in total. The van der Waals surface area contributed by atoms with Crippen molar-refractivity contribution >= 4 is 28.2 Å². The highest BCUT2D eigenvalue weighted by Crippen LogP contribution is 2.34. The van der Waals surface area contributed by atoms with Crippen LogP contribution in [-0.2, 0) is 4.79 Å². The standard InChI is InChI=1S/C12H11N3O4/c1-14(7-11(16)17)10-5-4-9-8(3-2-6-13-9)12(10)15(18)19/h2-6H,7H2,1H3,(H,16,17). The quantitative estimate of drug-likeness (QED) is 0.664. The molecule has 0 spiro atoms. The summed E-state index contributed by atoms with van der Waals surface area (Å²) < 4.78 is 0. The highest BCUT2D eigenvalue weighted by molar-refractivity contribution is 5.95. The summed E-state index contributed by atoms with van der Waals surface area (Å²) in [5, 5.41) is 20.4. The minimum atomic E-state index is -1.05. The van der Waals surface area contributed by atoms with Crippen LogP contribution in [0.4, 0.5) is 11.4 Å². The summed E-state index contributed by atoms with van der Waals surface area (Å²) >= 11 is 0. The average Bonchev–Trinajstić information content (AvgIpc) is 2.36. The van der Waals surface area contributed by atoms with Crippen molar-refractivity contribution in [3.63, 3.8) is 0 Å². The lowest BCUT2D eigenvalue weighted by molar-refractivity contribution is -0.382. The molecular weight excluding hydrogens is 250 g/mol. The first-order valence-electron chi connectivity index (χ1n) is 5.45. The van der Waals surface area contributed by atoms with E-state index in [1.54, 1.807) is 24.4 Å². The molecule has 1 aromatic heterocycles. The maximum Gasteiger partial charge on any atom is 0.323 e. The smallest absolute Gasteiger partial charge is 0.323 e. The molecule has 0 radical (unpaired) electrons. The Morgan fingerprint density at radius 1 is 1.47 bits per heavy atom. The lowest BCUT2D eigenvalue weighted by Gasteiger charge is -2.17. The molecule has 98 valence electrons. The van der Waals surface area contributed by atoms with Gasteiger partial charge < -0.3 is 10.0 Å². The molecule has 19 heavy (non-hydrogen) atoms. The van der Waals surface area contributed by atoms with Crippen LogP contribution in [0.5, 0.6) is 0 Å². The normalized spacial score (nSPS) is 10.4. The summed E-state index contributed by atoms with van der Waals surface area (Å²) in [6.07, 6.45) is 1.55. The van der Waals surface area contributed by atoms with Gasteiger partial charge in [0.2, 0.25) is 0 Å². The lowest BCUT2D eigenvalue weighted by atomic mass is 10.1. The van der Waals surface area contributed by atoms with Crippen LogP contribution >= 0.6 is 0 Å². The van der Waals surface area contributed by atoms with Crippen molar-refractivity contribution in [2.75, 3.05) is 18.5 Å². The number of nitrogens with zero attached hydrogens (tertiary/aromatic N) is 3. The molecule has 2 aromatic rings. The van der Waals surface area contributed by atoms with Crippen molar-refractivity contribution in [3.8, 4) is 0 Å². The van der Waals surface area contributed by atoms with Crippen LogP contribution in [0.1, 0.15) is 0 Å². The maximum atomic E-state index is 11.2. The van der Waals surface area contributed by atoms with E-state index < -0.39 is 10.9 Å². The number of likely N-dealkylation sites (N-methyl/N-ethyl adjacent to an activating group) is 1. The molecule has 0 unspecified atom stereocenters. The molecule has 2 rings (SSSR count). The van der Waals surface area contributed by atoms with Gasteiger partial charge in [-0.1, -0.05) is 0 Å². The fraction of sp³-hybridized carbons (Fsp3) is 0.167. The molecule has 1 heterocycles. The largest absolute Gasteiger partial charge is 0.480 e. The zero-order chi connectivity index (χ0) is 14.0. The van der Waals surface area contributed by atoms with Crippen LogP contribution in [-0.4, -0.2) is 34.6 Å². The van der Waals surface area contributed by atoms with Gasteiger partial charge in [-0.25, -0.2) is 0 Å². The monoisotopic (exact) mass is 261 g/mol. The first-order valence-corrected chi connectivity index (χ1v) is 5.45. The van der Waals surface area contributed by atoms with Crippen LogP contribution < -0.4 is 4.90 Å². The number of anilines is 1. The van der Waals surface area contributed by atoms with Crippen LogP contribution in [0.15, 0.2) is 30.5 Å². The van der Waals surface area contributed by atoms with Crippen molar-refractivity contribution in [1.29, 1.82) is 0 Å². The van der Waals surface area contributed by atoms with Crippen LogP contribution in [0.25, 0.3) is 10.9 Å². The van der Waals surface area contributed by atoms with Gasteiger partial charge in [0.15, 0.2) is 0 Å². The predicted molar refractivity (Wildman–Crippen MR) is 69.3 cm³/mol. The van der Waals surface area contributed by atoms with Crippen molar-refractivity contribution in [3.05, 3.63) is 40.6 Å². The summed E-state index contributed by atoms with van der Waals surface area (Å²) in [4.78, 5) is 26.8. The fourth-order valence-corrected chi connectivity index (χ4v) is 1.91. The summed E-state index contributed by atoms with van der Waals surface area (Å²) in [5.41, 5.74) is 0.629. The molecule has 0 bridgehead atoms. The zero-order valence-electron chi connectivity index (χ0n) is 10.1. The molecule has 1 N–H and O–H groups in total. The summed E-state index contributed by atoms with van der Waals surface area (Å²) in [6, 6.07) is 6.35. The first-order chi connectivity index (χ1) is 9.00.